The second kappa shape index (κ2) is 8.75. The molecular weight excluding hydrogens is 326 g/mol. The van der Waals surface area contributed by atoms with Crippen LogP contribution in [0.5, 0.6) is 5.75 Å². The van der Waals surface area contributed by atoms with Crippen LogP contribution in [-0.4, -0.2) is 31.0 Å². The number of carbonyl (C=O) groups is 1. The van der Waals surface area contributed by atoms with Crippen molar-refractivity contribution in [3.63, 3.8) is 0 Å². The number of carbonyl (C=O) groups excluding carboxylic acids is 1. The number of furan rings is 1. The van der Waals surface area contributed by atoms with Gasteiger partial charge >= 0.3 is 0 Å². The second-order valence-corrected chi connectivity index (χ2v) is 6.94. The molecule has 4 heteroatoms. The van der Waals surface area contributed by atoms with E-state index >= 15 is 0 Å². The Kier molecular flexibility index (Phi) is 6.16. The van der Waals surface area contributed by atoms with Gasteiger partial charge < -0.3 is 14.1 Å². The van der Waals surface area contributed by atoms with Crippen LogP contribution < -0.4 is 4.74 Å². The van der Waals surface area contributed by atoms with Gasteiger partial charge in [-0.1, -0.05) is 12.1 Å². The fourth-order valence-corrected chi connectivity index (χ4v) is 3.41. The summed E-state index contributed by atoms with van der Waals surface area (Å²) in [7, 11) is 1.69. The molecule has 1 aliphatic rings. The summed E-state index contributed by atoms with van der Waals surface area (Å²) >= 11 is 0. The van der Waals surface area contributed by atoms with Crippen LogP contribution in [0.25, 0.3) is 6.08 Å². The predicted octanol–water partition coefficient (Wildman–Crippen LogP) is 4.48. The third kappa shape index (κ3) is 5.01. The summed E-state index contributed by atoms with van der Waals surface area (Å²) < 4.78 is 10.7. The van der Waals surface area contributed by atoms with Gasteiger partial charge in [-0.3, -0.25) is 4.79 Å². The van der Waals surface area contributed by atoms with E-state index in [9.17, 15) is 4.79 Å². The van der Waals surface area contributed by atoms with Gasteiger partial charge in [0, 0.05) is 19.2 Å². The Morgan fingerprint density at radius 1 is 1.19 bits per heavy atom. The van der Waals surface area contributed by atoms with E-state index in [2.05, 4.69) is 12.1 Å². The first kappa shape index (κ1) is 18.3. The summed E-state index contributed by atoms with van der Waals surface area (Å²) in [5.74, 6) is 3.25. The fraction of sp³-hybridized carbons (Fsp3) is 0.409. The van der Waals surface area contributed by atoms with Crippen molar-refractivity contribution >= 4 is 12.0 Å². The predicted molar refractivity (Wildman–Crippen MR) is 103 cm³/mol. The molecule has 1 aromatic carbocycles. The molecule has 26 heavy (non-hydrogen) atoms. The highest BCUT2D eigenvalue weighted by molar-refractivity contribution is 5.91. The Morgan fingerprint density at radius 3 is 2.54 bits per heavy atom. The van der Waals surface area contributed by atoms with E-state index in [4.69, 9.17) is 9.15 Å². The van der Waals surface area contributed by atoms with Crippen LogP contribution in [0.3, 0.4) is 0 Å². The number of aryl methyl sites for hydroxylation is 2. The van der Waals surface area contributed by atoms with Gasteiger partial charge in [-0.15, -0.1) is 0 Å². The molecule has 2 heterocycles. The summed E-state index contributed by atoms with van der Waals surface area (Å²) in [6.45, 7) is 3.58. The number of hydrogen-bond acceptors (Lipinski definition) is 3. The number of ether oxygens (including phenoxy) is 1. The Morgan fingerprint density at radius 2 is 1.92 bits per heavy atom. The van der Waals surface area contributed by atoms with Crippen LogP contribution in [0.15, 0.2) is 46.9 Å². The highest BCUT2D eigenvalue weighted by Gasteiger charge is 2.21. The molecule has 0 unspecified atom stereocenters. The van der Waals surface area contributed by atoms with E-state index in [1.54, 1.807) is 19.3 Å². The molecule has 138 valence electrons. The lowest BCUT2D eigenvalue weighted by Gasteiger charge is -2.31. The third-order valence-electron chi connectivity index (χ3n) is 5.08. The number of nitrogens with zero attached hydrogens (tertiary/aromatic N) is 1. The van der Waals surface area contributed by atoms with Crippen molar-refractivity contribution in [3.8, 4) is 5.75 Å². The van der Waals surface area contributed by atoms with Crippen molar-refractivity contribution in [1.82, 2.24) is 4.90 Å². The van der Waals surface area contributed by atoms with Crippen molar-refractivity contribution in [2.45, 2.75) is 32.6 Å². The van der Waals surface area contributed by atoms with E-state index in [1.165, 1.54) is 12.0 Å². The first-order chi connectivity index (χ1) is 12.6. The van der Waals surface area contributed by atoms with Crippen molar-refractivity contribution < 1.29 is 13.9 Å². The normalized spacial score (nSPS) is 15.5. The lowest BCUT2D eigenvalue weighted by atomic mass is 9.90. The SMILES string of the molecule is COc1ccc(CCC2CCN(C(=O)/C=C/c3ccc(C)o3)CC2)cc1. The van der Waals surface area contributed by atoms with Crippen LogP contribution in [-0.2, 0) is 11.2 Å². The van der Waals surface area contributed by atoms with E-state index < -0.39 is 0 Å². The molecule has 4 nitrogen and oxygen atoms in total. The molecule has 2 aromatic rings. The second-order valence-electron chi connectivity index (χ2n) is 6.94. The summed E-state index contributed by atoms with van der Waals surface area (Å²) in [5, 5.41) is 0. The summed E-state index contributed by atoms with van der Waals surface area (Å²) in [5.41, 5.74) is 1.35. The molecule has 1 saturated heterocycles. The Bertz CT molecular complexity index is 737. The van der Waals surface area contributed by atoms with Gasteiger partial charge in [-0.05, 0) is 74.4 Å². The minimum atomic E-state index is 0.0765. The summed E-state index contributed by atoms with van der Waals surface area (Å²) in [4.78, 5) is 14.3. The molecule has 1 aromatic heterocycles. The number of hydrogen-bond donors (Lipinski definition) is 0. The first-order valence-corrected chi connectivity index (χ1v) is 9.30. The Hall–Kier alpha value is -2.49. The van der Waals surface area contributed by atoms with Gasteiger partial charge in [-0.2, -0.15) is 0 Å². The Balaban J connectivity index is 1.41. The molecule has 0 spiro atoms. The zero-order valence-electron chi connectivity index (χ0n) is 15.6. The number of amides is 1. The molecule has 0 atom stereocenters. The highest BCUT2D eigenvalue weighted by Crippen LogP contribution is 2.23. The van der Waals surface area contributed by atoms with Crippen LogP contribution in [0, 0.1) is 12.8 Å². The van der Waals surface area contributed by atoms with E-state index in [1.807, 2.05) is 36.1 Å². The average molecular weight is 353 g/mol. The number of likely N-dealkylation sites (tertiary alicyclic amines) is 1. The molecule has 1 amide bonds. The topological polar surface area (TPSA) is 42.7 Å². The highest BCUT2D eigenvalue weighted by atomic mass is 16.5. The molecule has 1 aliphatic heterocycles. The molecule has 0 N–H and O–H groups in total. The summed E-state index contributed by atoms with van der Waals surface area (Å²) in [6.07, 6.45) is 7.79. The van der Waals surface area contributed by atoms with Crippen LogP contribution in [0.1, 0.15) is 36.3 Å². The average Bonchev–Trinajstić information content (AvgIpc) is 3.10. The lowest BCUT2D eigenvalue weighted by Crippen LogP contribution is -2.37. The van der Waals surface area contributed by atoms with Gasteiger partial charge in [0.15, 0.2) is 0 Å². The van der Waals surface area contributed by atoms with Gasteiger partial charge in [-0.25, -0.2) is 0 Å². The fourth-order valence-electron chi connectivity index (χ4n) is 3.41. The zero-order chi connectivity index (χ0) is 18.4. The van der Waals surface area contributed by atoms with Gasteiger partial charge in [0.2, 0.25) is 5.91 Å². The van der Waals surface area contributed by atoms with Crippen molar-refractivity contribution in [1.29, 1.82) is 0 Å². The minimum absolute atomic E-state index is 0.0765. The van der Waals surface area contributed by atoms with E-state index in [-0.39, 0.29) is 5.91 Å². The van der Waals surface area contributed by atoms with Gasteiger partial charge in [0.1, 0.15) is 17.3 Å². The molecule has 0 bridgehead atoms. The van der Waals surface area contributed by atoms with E-state index in [0.29, 0.717) is 5.92 Å². The maximum atomic E-state index is 12.3. The monoisotopic (exact) mass is 353 g/mol. The smallest absolute Gasteiger partial charge is 0.246 e. The number of rotatable bonds is 6. The van der Waals surface area contributed by atoms with Crippen molar-refractivity contribution in [3.05, 3.63) is 59.6 Å². The summed E-state index contributed by atoms with van der Waals surface area (Å²) in [6, 6.07) is 12.1. The van der Waals surface area contributed by atoms with Gasteiger partial charge in [0.05, 0.1) is 7.11 Å². The molecule has 0 aliphatic carbocycles. The van der Waals surface area contributed by atoms with E-state index in [0.717, 1.165) is 49.6 Å². The zero-order valence-corrected chi connectivity index (χ0v) is 15.6. The van der Waals surface area contributed by atoms with Gasteiger partial charge in [0.25, 0.3) is 0 Å². The van der Waals surface area contributed by atoms with Crippen LogP contribution in [0.4, 0.5) is 0 Å². The molecule has 3 rings (SSSR count). The molecule has 0 saturated carbocycles. The number of piperidine rings is 1. The first-order valence-electron chi connectivity index (χ1n) is 9.30. The minimum Gasteiger partial charge on any atom is -0.497 e. The van der Waals surface area contributed by atoms with Crippen LogP contribution in [0.2, 0.25) is 0 Å². The van der Waals surface area contributed by atoms with Crippen molar-refractivity contribution in [2.24, 2.45) is 5.92 Å². The maximum Gasteiger partial charge on any atom is 0.246 e. The largest absolute Gasteiger partial charge is 0.497 e. The lowest BCUT2D eigenvalue weighted by molar-refractivity contribution is -0.127. The molecule has 1 fully saturated rings. The number of benzene rings is 1. The van der Waals surface area contributed by atoms with Crippen molar-refractivity contribution in [2.75, 3.05) is 20.2 Å². The molecule has 0 radical (unpaired) electrons. The molecular formula is C22H27NO3. The Labute approximate surface area is 155 Å². The number of methoxy groups -OCH3 is 1. The third-order valence-corrected chi connectivity index (χ3v) is 5.08. The quantitative estimate of drug-likeness (QED) is 0.719. The standard InChI is InChI=1S/C22H27NO3/c1-17-3-8-21(26-17)11-12-22(24)23-15-13-19(14-16-23)5-4-18-6-9-20(25-2)10-7-18/h3,6-12,19H,4-5,13-16H2,1-2H3/b12-11+. The maximum absolute atomic E-state index is 12.3. The van der Waals surface area contributed by atoms with Crippen LogP contribution >= 0.6 is 0 Å².